The minimum atomic E-state index is -0.646. The lowest BCUT2D eigenvalue weighted by Gasteiger charge is -2.16. The fourth-order valence-corrected chi connectivity index (χ4v) is 2.25. The first-order valence-electron chi connectivity index (χ1n) is 6.26. The van der Waals surface area contributed by atoms with Gasteiger partial charge in [0.05, 0.1) is 5.92 Å². The molecule has 1 aromatic heterocycles. The minimum Gasteiger partial charge on any atom is -0.502 e. The summed E-state index contributed by atoms with van der Waals surface area (Å²) in [6, 6.07) is 7.86. The Kier molecular flexibility index (Phi) is 4.33. The predicted octanol–water partition coefficient (Wildman–Crippen LogP) is 2.31. The zero-order chi connectivity index (χ0) is 15.6. The van der Waals surface area contributed by atoms with Crippen molar-refractivity contribution in [2.24, 2.45) is 5.73 Å². The van der Waals surface area contributed by atoms with Gasteiger partial charge in [-0.1, -0.05) is 23.7 Å². The molecular formula is C15H14ClNO4. The summed E-state index contributed by atoms with van der Waals surface area (Å²) >= 11 is 5.84. The Morgan fingerprint density at radius 1 is 1.38 bits per heavy atom. The first kappa shape index (κ1) is 15.1. The summed E-state index contributed by atoms with van der Waals surface area (Å²) in [5.41, 5.74) is 5.37. The summed E-state index contributed by atoms with van der Waals surface area (Å²) in [5, 5.41) is 10.5. The van der Waals surface area contributed by atoms with E-state index in [9.17, 15) is 14.7 Å². The smallest absolute Gasteiger partial charge is 0.227 e. The minimum absolute atomic E-state index is 0.0288. The fourth-order valence-electron chi connectivity index (χ4n) is 2.12. The highest BCUT2D eigenvalue weighted by Crippen LogP contribution is 2.33. The average molecular weight is 308 g/mol. The van der Waals surface area contributed by atoms with Crippen molar-refractivity contribution in [2.45, 2.75) is 19.3 Å². The van der Waals surface area contributed by atoms with Crippen LogP contribution in [-0.2, 0) is 4.79 Å². The molecule has 0 bridgehead atoms. The van der Waals surface area contributed by atoms with Gasteiger partial charge in [-0.15, -0.1) is 0 Å². The summed E-state index contributed by atoms with van der Waals surface area (Å²) in [7, 11) is 0. The number of rotatable bonds is 4. The van der Waals surface area contributed by atoms with Crippen molar-refractivity contribution in [1.29, 1.82) is 0 Å². The molecule has 1 unspecified atom stereocenters. The van der Waals surface area contributed by atoms with Crippen LogP contribution in [0, 0.1) is 6.92 Å². The molecule has 2 rings (SSSR count). The van der Waals surface area contributed by atoms with Gasteiger partial charge in [0.15, 0.2) is 5.76 Å². The quantitative estimate of drug-likeness (QED) is 0.906. The number of aryl methyl sites for hydroxylation is 1. The van der Waals surface area contributed by atoms with Crippen molar-refractivity contribution in [3.63, 3.8) is 0 Å². The first-order chi connectivity index (χ1) is 9.88. The molecule has 1 aromatic carbocycles. The Labute approximate surface area is 126 Å². The molecular weight excluding hydrogens is 294 g/mol. The van der Waals surface area contributed by atoms with Crippen molar-refractivity contribution in [2.75, 3.05) is 0 Å². The van der Waals surface area contributed by atoms with Crippen LogP contribution in [-0.4, -0.2) is 11.0 Å². The van der Waals surface area contributed by atoms with Crippen LogP contribution in [0.15, 0.2) is 39.5 Å². The number of nitrogens with two attached hydrogens (primary N) is 1. The Bertz CT molecular complexity index is 721. The molecule has 1 heterocycles. The Morgan fingerprint density at radius 3 is 2.57 bits per heavy atom. The van der Waals surface area contributed by atoms with Crippen LogP contribution < -0.4 is 11.2 Å². The van der Waals surface area contributed by atoms with Crippen molar-refractivity contribution < 1.29 is 14.3 Å². The molecule has 0 fully saturated rings. The second kappa shape index (κ2) is 6.01. The lowest BCUT2D eigenvalue weighted by atomic mass is 9.92. The second-order valence-electron chi connectivity index (χ2n) is 4.71. The number of carbonyl (C=O) groups excluding carboxylic acids is 1. The third kappa shape index (κ3) is 3.44. The first-order valence-corrected chi connectivity index (χ1v) is 6.63. The van der Waals surface area contributed by atoms with E-state index in [2.05, 4.69) is 0 Å². The van der Waals surface area contributed by atoms with Gasteiger partial charge in [-0.05, 0) is 24.6 Å². The van der Waals surface area contributed by atoms with Crippen LogP contribution in [0.25, 0.3) is 0 Å². The SMILES string of the molecule is Cc1cc(=O)c(O)c(C(CC(N)=O)c2ccc(Cl)cc2)o1. The maximum atomic E-state index is 11.7. The summed E-state index contributed by atoms with van der Waals surface area (Å²) in [6.45, 7) is 1.59. The summed E-state index contributed by atoms with van der Waals surface area (Å²) in [6.07, 6.45) is -0.0956. The van der Waals surface area contributed by atoms with Crippen LogP contribution in [0.1, 0.15) is 29.4 Å². The lowest BCUT2D eigenvalue weighted by Crippen LogP contribution is -2.17. The number of primary amides is 1. The maximum absolute atomic E-state index is 11.7. The lowest BCUT2D eigenvalue weighted by molar-refractivity contribution is -0.118. The van der Waals surface area contributed by atoms with E-state index in [4.69, 9.17) is 21.8 Å². The molecule has 1 atom stereocenters. The summed E-state index contributed by atoms with van der Waals surface area (Å²) < 4.78 is 5.45. The highest BCUT2D eigenvalue weighted by Gasteiger charge is 2.24. The Balaban J connectivity index is 2.58. The summed E-state index contributed by atoms with van der Waals surface area (Å²) in [4.78, 5) is 23.0. The number of hydrogen-bond acceptors (Lipinski definition) is 4. The topological polar surface area (TPSA) is 93.5 Å². The van der Waals surface area contributed by atoms with Gasteiger partial charge in [0.1, 0.15) is 5.76 Å². The van der Waals surface area contributed by atoms with Crippen LogP contribution in [0.5, 0.6) is 5.75 Å². The average Bonchev–Trinajstić information content (AvgIpc) is 2.41. The van der Waals surface area contributed by atoms with Crippen LogP contribution in [0.3, 0.4) is 0 Å². The molecule has 0 aliphatic carbocycles. The molecule has 5 nitrogen and oxygen atoms in total. The van der Waals surface area contributed by atoms with E-state index < -0.39 is 23.0 Å². The highest BCUT2D eigenvalue weighted by molar-refractivity contribution is 6.30. The van der Waals surface area contributed by atoms with Crippen LogP contribution in [0.2, 0.25) is 5.02 Å². The van der Waals surface area contributed by atoms with E-state index >= 15 is 0 Å². The molecule has 110 valence electrons. The zero-order valence-electron chi connectivity index (χ0n) is 11.3. The Hall–Kier alpha value is -2.27. The van der Waals surface area contributed by atoms with Gasteiger partial charge < -0.3 is 15.3 Å². The summed E-state index contributed by atoms with van der Waals surface area (Å²) in [5.74, 6) is -1.36. The van der Waals surface area contributed by atoms with E-state index in [1.165, 1.54) is 6.07 Å². The second-order valence-corrected chi connectivity index (χ2v) is 5.15. The van der Waals surface area contributed by atoms with Crippen LogP contribution >= 0.6 is 11.6 Å². The molecule has 0 aliphatic heterocycles. The zero-order valence-corrected chi connectivity index (χ0v) is 12.1. The van der Waals surface area contributed by atoms with Crippen molar-refractivity contribution in [3.8, 4) is 5.75 Å². The van der Waals surface area contributed by atoms with E-state index in [0.29, 0.717) is 16.3 Å². The van der Waals surface area contributed by atoms with E-state index in [1.807, 2.05) is 0 Å². The number of carbonyl (C=O) groups is 1. The number of halogens is 1. The Morgan fingerprint density at radius 2 is 2.00 bits per heavy atom. The number of benzene rings is 1. The van der Waals surface area contributed by atoms with Gasteiger partial charge in [-0.3, -0.25) is 9.59 Å². The highest BCUT2D eigenvalue weighted by atomic mass is 35.5. The molecule has 1 amide bonds. The molecule has 0 aliphatic rings. The normalized spacial score (nSPS) is 12.1. The van der Waals surface area contributed by atoms with Gasteiger partial charge in [0, 0.05) is 17.5 Å². The monoisotopic (exact) mass is 307 g/mol. The van der Waals surface area contributed by atoms with Crippen molar-refractivity contribution in [1.82, 2.24) is 0 Å². The van der Waals surface area contributed by atoms with Crippen LogP contribution in [0.4, 0.5) is 0 Å². The maximum Gasteiger partial charge on any atom is 0.227 e. The van der Waals surface area contributed by atoms with E-state index in [1.54, 1.807) is 31.2 Å². The predicted molar refractivity (Wildman–Crippen MR) is 78.5 cm³/mol. The molecule has 0 saturated heterocycles. The number of aromatic hydroxyl groups is 1. The molecule has 2 aromatic rings. The van der Waals surface area contributed by atoms with Crippen molar-refractivity contribution >= 4 is 17.5 Å². The van der Waals surface area contributed by atoms with Crippen molar-refractivity contribution in [3.05, 3.63) is 62.7 Å². The standard InChI is InChI=1S/C15H14ClNO4/c1-8-6-12(18)14(20)15(21-8)11(7-13(17)19)9-2-4-10(16)5-3-9/h2-6,11,20H,7H2,1H3,(H2,17,19). The molecule has 21 heavy (non-hydrogen) atoms. The fraction of sp³-hybridized carbons (Fsp3) is 0.200. The third-order valence-electron chi connectivity index (χ3n) is 3.07. The largest absolute Gasteiger partial charge is 0.502 e. The molecule has 0 spiro atoms. The van der Waals surface area contributed by atoms with Gasteiger partial charge >= 0.3 is 0 Å². The van der Waals surface area contributed by atoms with Gasteiger partial charge in [0.25, 0.3) is 0 Å². The molecule has 0 radical (unpaired) electrons. The molecule has 0 saturated carbocycles. The number of hydrogen-bond donors (Lipinski definition) is 2. The van der Waals surface area contributed by atoms with Gasteiger partial charge in [-0.25, -0.2) is 0 Å². The van der Waals surface area contributed by atoms with Gasteiger partial charge in [0.2, 0.25) is 17.1 Å². The molecule has 6 heteroatoms. The third-order valence-corrected chi connectivity index (χ3v) is 3.32. The van der Waals surface area contributed by atoms with E-state index in [-0.39, 0.29) is 12.2 Å². The van der Waals surface area contributed by atoms with Gasteiger partial charge in [-0.2, -0.15) is 0 Å². The van der Waals surface area contributed by atoms with E-state index in [0.717, 1.165) is 0 Å². The number of amides is 1. The molecule has 3 N–H and O–H groups in total.